The average molecular weight is 423 g/mol. The van der Waals surface area contributed by atoms with Crippen LogP contribution in [0.1, 0.15) is 17.3 Å². The molecular formula is C18H15F2N3O7. The van der Waals surface area contributed by atoms with Gasteiger partial charge in [-0.15, -0.1) is 0 Å². The van der Waals surface area contributed by atoms with Gasteiger partial charge in [-0.25, -0.2) is 0 Å². The Morgan fingerprint density at radius 2 is 2.03 bits per heavy atom. The minimum Gasteiger partial charge on any atom is -0.493 e. The standard InChI is InChI=1S/C18H15F2N3O7/c1-8-16(24)22-11-5-9(3-4-13(11)29-8)21-17(25)10-6-14(28-2)15(30-18(19)20)7-12(10)23(26)27/h3-8,18H,1-2H3,(H,21,25)(H,22,24). The van der Waals surface area contributed by atoms with Crippen molar-refractivity contribution in [1.29, 1.82) is 0 Å². The van der Waals surface area contributed by atoms with Gasteiger partial charge in [0.15, 0.2) is 17.6 Å². The molecule has 1 unspecified atom stereocenters. The van der Waals surface area contributed by atoms with Crippen LogP contribution in [0.5, 0.6) is 17.2 Å². The summed E-state index contributed by atoms with van der Waals surface area (Å²) in [6, 6.07) is 6.00. The maximum Gasteiger partial charge on any atom is 0.387 e. The number of benzene rings is 2. The predicted molar refractivity (Wildman–Crippen MR) is 99.4 cm³/mol. The minimum atomic E-state index is -3.24. The molecule has 0 bridgehead atoms. The Balaban J connectivity index is 1.92. The smallest absolute Gasteiger partial charge is 0.387 e. The van der Waals surface area contributed by atoms with Crippen LogP contribution < -0.4 is 24.8 Å². The second kappa shape index (κ2) is 8.19. The van der Waals surface area contributed by atoms with Crippen LogP contribution in [0.15, 0.2) is 30.3 Å². The molecule has 3 rings (SSSR count). The van der Waals surface area contributed by atoms with E-state index < -0.39 is 40.5 Å². The second-order valence-corrected chi connectivity index (χ2v) is 6.07. The van der Waals surface area contributed by atoms with Gasteiger partial charge in [-0.3, -0.25) is 19.7 Å². The molecule has 0 fully saturated rings. The van der Waals surface area contributed by atoms with Gasteiger partial charge in [0.1, 0.15) is 11.3 Å². The molecule has 0 spiro atoms. The van der Waals surface area contributed by atoms with Crippen LogP contribution in [0.4, 0.5) is 25.8 Å². The highest BCUT2D eigenvalue weighted by atomic mass is 19.3. The molecule has 1 aliphatic heterocycles. The lowest BCUT2D eigenvalue weighted by Gasteiger charge is -2.23. The Hall–Kier alpha value is -3.96. The van der Waals surface area contributed by atoms with E-state index in [-0.39, 0.29) is 17.3 Å². The van der Waals surface area contributed by atoms with Crippen molar-refractivity contribution in [2.75, 3.05) is 17.7 Å². The fraction of sp³-hybridized carbons (Fsp3) is 0.222. The first-order valence-electron chi connectivity index (χ1n) is 8.43. The largest absolute Gasteiger partial charge is 0.493 e. The molecule has 0 radical (unpaired) electrons. The zero-order chi connectivity index (χ0) is 22.0. The summed E-state index contributed by atoms with van der Waals surface area (Å²) in [4.78, 5) is 34.8. The molecule has 1 aliphatic rings. The lowest BCUT2D eigenvalue weighted by molar-refractivity contribution is -0.385. The number of hydrogen-bond acceptors (Lipinski definition) is 7. The van der Waals surface area contributed by atoms with E-state index in [0.717, 1.165) is 13.2 Å². The van der Waals surface area contributed by atoms with Crippen LogP contribution >= 0.6 is 0 Å². The maximum absolute atomic E-state index is 12.6. The molecule has 158 valence electrons. The van der Waals surface area contributed by atoms with E-state index in [1.807, 2.05) is 0 Å². The molecule has 2 N–H and O–H groups in total. The molecule has 30 heavy (non-hydrogen) atoms. The summed E-state index contributed by atoms with van der Waals surface area (Å²) in [6.45, 7) is -1.67. The Kier molecular flexibility index (Phi) is 5.67. The van der Waals surface area contributed by atoms with E-state index in [1.54, 1.807) is 6.92 Å². The van der Waals surface area contributed by atoms with Crippen LogP contribution in [0, 0.1) is 10.1 Å². The number of fused-ring (bicyclic) bond motifs is 1. The van der Waals surface area contributed by atoms with E-state index >= 15 is 0 Å². The first-order chi connectivity index (χ1) is 14.2. The average Bonchev–Trinajstić information content (AvgIpc) is 2.68. The molecule has 0 saturated heterocycles. The number of alkyl halides is 2. The van der Waals surface area contributed by atoms with Crippen molar-refractivity contribution in [2.45, 2.75) is 19.6 Å². The first kappa shape index (κ1) is 20.8. The summed E-state index contributed by atoms with van der Waals surface area (Å²) in [6.07, 6.45) is -0.679. The fourth-order valence-corrected chi connectivity index (χ4v) is 2.71. The van der Waals surface area contributed by atoms with Crippen molar-refractivity contribution in [3.63, 3.8) is 0 Å². The number of nitrogens with zero attached hydrogens (tertiary/aromatic N) is 1. The molecule has 0 aliphatic carbocycles. The molecule has 12 heteroatoms. The van der Waals surface area contributed by atoms with Crippen molar-refractivity contribution in [3.05, 3.63) is 46.0 Å². The van der Waals surface area contributed by atoms with Crippen LogP contribution in [0.2, 0.25) is 0 Å². The molecule has 10 nitrogen and oxygen atoms in total. The number of amides is 2. The third-order valence-electron chi connectivity index (χ3n) is 4.11. The summed E-state index contributed by atoms with van der Waals surface area (Å²) in [7, 11) is 1.13. The van der Waals surface area contributed by atoms with Crippen molar-refractivity contribution < 1.29 is 37.5 Å². The highest BCUT2D eigenvalue weighted by Gasteiger charge is 2.27. The number of carbonyl (C=O) groups is 2. The van der Waals surface area contributed by atoms with Crippen LogP contribution in [0.25, 0.3) is 0 Å². The number of methoxy groups -OCH3 is 1. The molecule has 2 amide bonds. The molecule has 0 aromatic heterocycles. The zero-order valence-corrected chi connectivity index (χ0v) is 15.6. The Morgan fingerprint density at radius 3 is 2.67 bits per heavy atom. The number of nitrogens with one attached hydrogen (secondary N) is 2. The van der Waals surface area contributed by atoms with Crippen molar-refractivity contribution in [2.24, 2.45) is 0 Å². The number of ether oxygens (including phenoxy) is 3. The predicted octanol–water partition coefficient (Wildman–Crippen LogP) is 3.18. The van der Waals surface area contributed by atoms with Gasteiger partial charge in [0.05, 0.1) is 23.8 Å². The van der Waals surface area contributed by atoms with Gasteiger partial charge in [-0.2, -0.15) is 8.78 Å². The summed E-state index contributed by atoms with van der Waals surface area (Å²) in [5.41, 5.74) is -0.681. The zero-order valence-electron chi connectivity index (χ0n) is 15.6. The van der Waals surface area contributed by atoms with Crippen LogP contribution in [0.3, 0.4) is 0 Å². The minimum absolute atomic E-state index is 0.207. The van der Waals surface area contributed by atoms with Gasteiger partial charge >= 0.3 is 6.61 Å². The lowest BCUT2D eigenvalue weighted by atomic mass is 10.1. The number of carbonyl (C=O) groups excluding carboxylic acids is 2. The van der Waals surface area contributed by atoms with Crippen molar-refractivity contribution in [1.82, 2.24) is 0 Å². The quantitative estimate of drug-likeness (QED) is 0.539. The fourth-order valence-electron chi connectivity index (χ4n) is 2.71. The van der Waals surface area contributed by atoms with Gasteiger partial charge in [0.2, 0.25) is 0 Å². The van der Waals surface area contributed by atoms with Crippen molar-refractivity contribution >= 4 is 28.9 Å². The summed E-state index contributed by atoms with van der Waals surface area (Å²) < 4.78 is 39.6. The number of nitro benzene ring substituents is 1. The van der Waals surface area contributed by atoms with Gasteiger partial charge in [0, 0.05) is 11.8 Å². The second-order valence-electron chi connectivity index (χ2n) is 6.07. The van der Waals surface area contributed by atoms with Gasteiger partial charge < -0.3 is 24.8 Å². The number of hydrogen-bond donors (Lipinski definition) is 2. The summed E-state index contributed by atoms with van der Waals surface area (Å²) in [5.74, 6) is -1.76. The third kappa shape index (κ3) is 4.21. The lowest BCUT2D eigenvalue weighted by Crippen LogP contribution is -2.34. The highest BCUT2D eigenvalue weighted by Crippen LogP contribution is 2.37. The van der Waals surface area contributed by atoms with Gasteiger partial charge in [-0.1, -0.05) is 0 Å². The summed E-state index contributed by atoms with van der Waals surface area (Å²) >= 11 is 0. The van der Waals surface area contributed by atoms with Gasteiger partial charge in [-0.05, 0) is 25.1 Å². The molecule has 0 saturated carbocycles. The number of rotatable bonds is 6. The van der Waals surface area contributed by atoms with E-state index in [2.05, 4.69) is 15.4 Å². The Bertz CT molecular complexity index is 1030. The maximum atomic E-state index is 12.6. The van der Waals surface area contributed by atoms with E-state index in [0.29, 0.717) is 17.5 Å². The van der Waals surface area contributed by atoms with E-state index in [1.165, 1.54) is 18.2 Å². The molecule has 1 heterocycles. The first-order valence-corrected chi connectivity index (χ1v) is 8.43. The topological polar surface area (TPSA) is 129 Å². The number of nitro groups is 1. The monoisotopic (exact) mass is 423 g/mol. The van der Waals surface area contributed by atoms with E-state index in [4.69, 9.17) is 9.47 Å². The Morgan fingerprint density at radius 1 is 1.30 bits per heavy atom. The summed E-state index contributed by atoms with van der Waals surface area (Å²) in [5, 5.41) is 16.4. The SMILES string of the molecule is COc1cc(C(=O)Nc2ccc3c(c2)NC(=O)C(C)O3)c([N+](=O)[O-])cc1OC(F)F. The molecule has 1 atom stereocenters. The number of anilines is 2. The van der Waals surface area contributed by atoms with Crippen LogP contribution in [-0.2, 0) is 4.79 Å². The number of halogens is 2. The molecular weight excluding hydrogens is 408 g/mol. The molecule has 2 aromatic rings. The van der Waals surface area contributed by atoms with Crippen molar-refractivity contribution in [3.8, 4) is 17.2 Å². The molecule has 2 aromatic carbocycles. The van der Waals surface area contributed by atoms with E-state index in [9.17, 15) is 28.5 Å². The van der Waals surface area contributed by atoms with Gasteiger partial charge in [0.25, 0.3) is 17.5 Å². The Labute approximate surface area is 167 Å². The highest BCUT2D eigenvalue weighted by molar-refractivity contribution is 6.08. The third-order valence-corrected chi connectivity index (χ3v) is 4.11. The van der Waals surface area contributed by atoms with Crippen LogP contribution in [-0.4, -0.2) is 36.6 Å². The normalized spacial score (nSPS) is 15.0.